The minimum absolute atomic E-state index is 0.206. The molecule has 0 fully saturated rings. The number of hydrogen-bond donors (Lipinski definition) is 1. The number of ether oxygens (including phenoxy) is 1. The Kier molecular flexibility index (Phi) is 4.16. The highest BCUT2D eigenvalue weighted by Gasteiger charge is 2.02. The maximum atomic E-state index is 10.9. The van der Waals surface area contributed by atoms with Gasteiger partial charge in [0.15, 0.2) is 0 Å². The fraction of sp³-hybridized carbons (Fsp3) is 0.417. The predicted octanol–water partition coefficient (Wildman–Crippen LogP) is 2.39. The van der Waals surface area contributed by atoms with E-state index in [2.05, 4.69) is 30.0 Å². The van der Waals surface area contributed by atoms with Gasteiger partial charge in [-0.2, -0.15) is 0 Å². The number of anilines is 1. The zero-order valence-corrected chi connectivity index (χ0v) is 9.41. The van der Waals surface area contributed by atoms with Gasteiger partial charge >= 0.3 is 5.97 Å². The van der Waals surface area contributed by atoms with Crippen LogP contribution in [0.5, 0.6) is 0 Å². The van der Waals surface area contributed by atoms with Gasteiger partial charge in [0, 0.05) is 5.69 Å². The molecule has 1 N–H and O–H groups in total. The molecule has 0 aliphatic rings. The third-order valence-corrected chi connectivity index (χ3v) is 2.22. The van der Waals surface area contributed by atoms with Crippen molar-refractivity contribution < 1.29 is 9.53 Å². The first kappa shape index (κ1) is 11.6. The summed E-state index contributed by atoms with van der Waals surface area (Å²) in [5.74, 6) is 0.231. The number of methoxy groups -OCH3 is 1. The maximum Gasteiger partial charge on any atom is 0.325 e. The molecule has 0 aliphatic heterocycles. The van der Waals surface area contributed by atoms with E-state index in [1.54, 1.807) is 0 Å². The van der Waals surface area contributed by atoms with Crippen molar-refractivity contribution in [3.05, 3.63) is 29.8 Å². The second-order valence-corrected chi connectivity index (χ2v) is 3.71. The predicted molar refractivity (Wildman–Crippen MR) is 61.0 cm³/mol. The number of carbonyl (C=O) groups excluding carboxylic acids is 1. The maximum absolute atomic E-state index is 10.9. The van der Waals surface area contributed by atoms with Crippen molar-refractivity contribution >= 4 is 11.7 Å². The molecule has 0 spiro atoms. The van der Waals surface area contributed by atoms with E-state index in [-0.39, 0.29) is 12.5 Å². The van der Waals surface area contributed by atoms with E-state index in [0.717, 1.165) is 5.69 Å². The SMILES string of the molecule is COC(=O)CNc1cccc(C(C)C)c1. The summed E-state index contributed by atoms with van der Waals surface area (Å²) in [5, 5.41) is 3.02. The highest BCUT2D eigenvalue weighted by molar-refractivity contribution is 5.74. The van der Waals surface area contributed by atoms with E-state index in [1.807, 2.05) is 18.2 Å². The Balaban J connectivity index is 2.61. The van der Waals surface area contributed by atoms with Crippen LogP contribution in [0.25, 0.3) is 0 Å². The molecule has 0 saturated carbocycles. The minimum Gasteiger partial charge on any atom is -0.468 e. The second kappa shape index (κ2) is 5.39. The van der Waals surface area contributed by atoms with Gasteiger partial charge in [-0.3, -0.25) is 4.79 Å². The summed E-state index contributed by atoms with van der Waals surface area (Å²) in [5.41, 5.74) is 2.21. The summed E-state index contributed by atoms with van der Waals surface area (Å²) < 4.78 is 4.55. The van der Waals surface area contributed by atoms with Gasteiger partial charge in [-0.1, -0.05) is 26.0 Å². The van der Waals surface area contributed by atoms with E-state index in [0.29, 0.717) is 5.92 Å². The van der Waals surface area contributed by atoms with Crippen LogP contribution in [0.4, 0.5) is 5.69 Å². The minimum atomic E-state index is -0.259. The molecular weight excluding hydrogens is 190 g/mol. The highest BCUT2D eigenvalue weighted by atomic mass is 16.5. The summed E-state index contributed by atoms with van der Waals surface area (Å²) in [6.45, 7) is 4.48. The summed E-state index contributed by atoms with van der Waals surface area (Å²) in [6, 6.07) is 8.05. The number of esters is 1. The first-order chi connectivity index (χ1) is 7.13. The lowest BCUT2D eigenvalue weighted by Crippen LogP contribution is -2.14. The molecule has 3 nitrogen and oxygen atoms in total. The molecule has 0 aromatic heterocycles. The lowest BCUT2D eigenvalue weighted by atomic mass is 10.0. The van der Waals surface area contributed by atoms with Gasteiger partial charge in [0.2, 0.25) is 0 Å². The van der Waals surface area contributed by atoms with Gasteiger partial charge in [0.1, 0.15) is 6.54 Å². The van der Waals surface area contributed by atoms with Crippen LogP contribution in [-0.4, -0.2) is 19.6 Å². The number of rotatable bonds is 4. The third kappa shape index (κ3) is 3.62. The molecule has 0 saturated heterocycles. The molecule has 0 unspecified atom stereocenters. The van der Waals surface area contributed by atoms with E-state index in [4.69, 9.17) is 0 Å². The lowest BCUT2D eigenvalue weighted by Gasteiger charge is -2.09. The van der Waals surface area contributed by atoms with Gasteiger partial charge in [0.25, 0.3) is 0 Å². The molecule has 1 aromatic rings. The van der Waals surface area contributed by atoms with Crippen molar-refractivity contribution in [1.29, 1.82) is 0 Å². The molecule has 1 rings (SSSR count). The smallest absolute Gasteiger partial charge is 0.325 e. The van der Waals surface area contributed by atoms with Crippen LogP contribution in [-0.2, 0) is 9.53 Å². The van der Waals surface area contributed by atoms with Gasteiger partial charge in [-0.15, -0.1) is 0 Å². The summed E-state index contributed by atoms with van der Waals surface area (Å²) in [6.07, 6.45) is 0. The van der Waals surface area contributed by atoms with Crippen molar-refractivity contribution in [1.82, 2.24) is 0 Å². The van der Waals surface area contributed by atoms with Gasteiger partial charge in [-0.25, -0.2) is 0 Å². The average Bonchev–Trinajstić information content (AvgIpc) is 2.26. The van der Waals surface area contributed by atoms with E-state index in [9.17, 15) is 4.79 Å². The van der Waals surface area contributed by atoms with Crippen LogP contribution in [0.15, 0.2) is 24.3 Å². The van der Waals surface area contributed by atoms with E-state index < -0.39 is 0 Å². The highest BCUT2D eigenvalue weighted by Crippen LogP contribution is 2.18. The van der Waals surface area contributed by atoms with Crippen LogP contribution in [0, 0.1) is 0 Å². The Labute approximate surface area is 90.4 Å². The fourth-order valence-electron chi connectivity index (χ4n) is 1.25. The quantitative estimate of drug-likeness (QED) is 0.770. The Morgan fingerprint density at radius 2 is 2.20 bits per heavy atom. The van der Waals surface area contributed by atoms with E-state index in [1.165, 1.54) is 12.7 Å². The molecule has 0 bridgehead atoms. The Morgan fingerprint density at radius 1 is 1.47 bits per heavy atom. The monoisotopic (exact) mass is 207 g/mol. The molecule has 0 radical (unpaired) electrons. The zero-order valence-electron chi connectivity index (χ0n) is 9.41. The number of nitrogens with one attached hydrogen (secondary N) is 1. The summed E-state index contributed by atoms with van der Waals surface area (Å²) >= 11 is 0. The van der Waals surface area contributed by atoms with Crippen LogP contribution < -0.4 is 5.32 Å². The number of benzene rings is 1. The van der Waals surface area contributed by atoms with Crippen LogP contribution in [0.2, 0.25) is 0 Å². The number of hydrogen-bond acceptors (Lipinski definition) is 3. The van der Waals surface area contributed by atoms with Crippen molar-refractivity contribution in [2.24, 2.45) is 0 Å². The van der Waals surface area contributed by atoms with E-state index >= 15 is 0 Å². The molecule has 0 heterocycles. The normalized spacial score (nSPS) is 10.1. The van der Waals surface area contributed by atoms with Crippen molar-refractivity contribution in [2.75, 3.05) is 19.0 Å². The average molecular weight is 207 g/mol. The molecule has 0 atom stereocenters. The molecule has 0 amide bonds. The lowest BCUT2D eigenvalue weighted by molar-refractivity contribution is -0.138. The standard InChI is InChI=1S/C12H17NO2/c1-9(2)10-5-4-6-11(7-10)13-8-12(14)15-3/h4-7,9,13H,8H2,1-3H3. The molecule has 3 heteroatoms. The summed E-state index contributed by atoms with van der Waals surface area (Å²) in [4.78, 5) is 10.9. The Bertz CT molecular complexity index is 334. The van der Waals surface area contributed by atoms with Crippen LogP contribution in [0.3, 0.4) is 0 Å². The van der Waals surface area contributed by atoms with Crippen molar-refractivity contribution in [3.8, 4) is 0 Å². The summed E-state index contributed by atoms with van der Waals surface area (Å²) in [7, 11) is 1.38. The Morgan fingerprint density at radius 3 is 2.80 bits per heavy atom. The molecule has 15 heavy (non-hydrogen) atoms. The van der Waals surface area contributed by atoms with Crippen molar-refractivity contribution in [3.63, 3.8) is 0 Å². The van der Waals surface area contributed by atoms with Gasteiger partial charge in [-0.05, 0) is 23.6 Å². The third-order valence-electron chi connectivity index (χ3n) is 2.22. The second-order valence-electron chi connectivity index (χ2n) is 3.71. The number of carbonyl (C=O) groups is 1. The van der Waals surface area contributed by atoms with Crippen LogP contribution in [0.1, 0.15) is 25.3 Å². The zero-order chi connectivity index (χ0) is 11.3. The van der Waals surface area contributed by atoms with Gasteiger partial charge in [0.05, 0.1) is 7.11 Å². The van der Waals surface area contributed by atoms with Crippen molar-refractivity contribution in [2.45, 2.75) is 19.8 Å². The molecular formula is C12H17NO2. The fourth-order valence-corrected chi connectivity index (χ4v) is 1.25. The largest absolute Gasteiger partial charge is 0.468 e. The molecule has 1 aromatic carbocycles. The Hall–Kier alpha value is -1.51. The first-order valence-electron chi connectivity index (χ1n) is 5.04. The molecule has 82 valence electrons. The van der Waals surface area contributed by atoms with Crippen LogP contribution >= 0.6 is 0 Å². The van der Waals surface area contributed by atoms with Gasteiger partial charge < -0.3 is 10.1 Å². The first-order valence-corrected chi connectivity index (χ1v) is 5.04. The molecule has 0 aliphatic carbocycles. The topological polar surface area (TPSA) is 38.3 Å².